The molecule has 0 radical (unpaired) electrons. The van der Waals surface area contributed by atoms with Crippen LogP contribution >= 0.6 is 46.4 Å². The molecule has 2 nitrogen and oxygen atoms in total. The largest absolute Gasteiger partial charge is 0.254 e. The fourth-order valence-electron chi connectivity index (χ4n) is 1.65. The average Bonchev–Trinajstić information content (AvgIpc) is 2.35. The van der Waals surface area contributed by atoms with Gasteiger partial charge in [-0.25, -0.2) is 0 Å². The number of nitrogens with zero attached hydrogens (tertiary/aromatic N) is 2. The van der Waals surface area contributed by atoms with Gasteiger partial charge < -0.3 is 0 Å². The van der Waals surface area contributed by atoms with Crippen molar-refractivity contribution in [3.05, 3.63) is 50.0 Å². The number of hydrogen-bond acceptors (Lipinski definition) is 2. The lowest BCUT2D eigenvalue weighted by Gasteiger charge is -2.10. The summed E-state index contributed by atoms with van der Waals surface area (Å²) in [5.41, 5.74) is 1.89. The Labute approximate surface area is 130 Å². The Balaban J connectivity index is 2.65. The zero-order valence-electron chi connectivity index (χ0n) is 9.42. The van der Waals surface area contributed by atoms with Gasteiger partial charge in [0.15, 0.2) is 0 Å². The van der Waals surface area contributed by atoms with Crippen LogP contribution in [0.25, 0.3) is 11.3 Å². The van der Waals surface area contributed by atoms with Gasteiger partial charge in [-0.15, -0.1) is 0 Å². The minimum absolute atomic E-state index is 0.180. The second kappa shape index (κ2) is 5.98. The van der Waals surface area contributed by atoms with Gasteiger partial charge in [0.25, 0.3) is 0 Å². The van der Waals surface area contributed by atoms with Crippen LogP contribution in [-0.2, 0) is 6.42 Å². The van der Waals surface area contributed by atoms with E-state index in [0.29, 0.717) is 36.9 Å². The molecule has 6 heteroatoms. The van der Waals surface area contributed by atoms with Gasteiger partial charge in [0.2, 0.25) is 0 Å². The Bertz CT molecular complexity index is 677. The van der Waals surface area contributed by atoms with Crippen LogP contribution in [0.4, 0.5) is 0 Å². The standard InChI is InChI=1S/C13H6Cl4N2/c14-8-3-7(1-2-18)13(19-6-8)9-4-11(16)12(17)5-10(9)15/h3-6H,1H2. The number of hydrogen-bond donors (Lipinski definition) is 0. The third-order valence-electron chi connectivity index (χ3n) is 2.47. The highest BCUT2D eigenvalue weighted by Gasteiger charge is 2.13. The van der Waals surface area contributed by atoms with E-state index in [1.807, 2.05) is 0 Å². The fourth-order valence-corrected chi connectivity index (χ4v) is 2.46. The highest BCUT2D eigenvalue weighted by molar-refractivity contribution is 6.44. The van der Waals surface area contributed by atoms with E-state index in [-0.39, 0.29) is 6.42 Å². The number of benzene rings is 1. The molecule has 0 aliphatic rings. The summed E-state index contributed by atoms with van der Waals surface area (Å²) < 4.78 is 0. The van der Waals surface area contributed by atoms with Crippen molar-refractivity contribution in [3.63, 3.8) is 0 Å². The van der Waals surface area contributed by atoms with E-state index in [1.165, 1.54) is 6.20 Å². The van der Waals surface area contributed by atoms with Crippen LogP contribution in [0.2, 0.25) is 20.1 Å². The topological polar surface area (TPSA) is 36.7 Å². The summed E-state index contributed by atoms with van der Waals surface area (Å²) in [6.45, 7) is 0. The molecule has 0 N–H and O–H groups in total. The molecule has 0 fully saturated rings. The second-order valence-corrected chi connectivity index (χ2v) is 5.40. The van der Waals surface area contributed by atoms with Crippen molar-refractivity contribution in [2.24, 2.45) is 0 Å². The SMILES string of the molecule is N#CCc1cc(Cl)cnc1-c1cc(Cl)c(Cl)cc1Cl. The van der Waals surface area contributed by atoms with Crippen LogP contribution in [0.5, 0.6) is 0 Å². The molecule has 0 bridgehead atoms. The predicted octanol–water partition coefficient (Wildman–Crippen LogP) is 5.43. The number of rotatable bonds is 2. The monoisotopic (exact) mass is 330 g/mol. The van der Waals surface area contributed by atoms with Gasteiger partial charge in [0.1, 0.15) is 0 Å². The Morgan fingerprint density at radius 3 is 2.37 bits per heavy atom. The molecule has 0 spiro atoms. The van der Waals surface area contributed by atoms with Crippen LogP contribution in [0.15, 0.2) is 24.4 Å². The summed E-state index contributed by atoms with van der Waals surface area (Å²) in [7, 11) is 0. The summed E-state index contributed by atoms with van der Waals surface area (Å²) in [6.07, 6.45) is 1.68. The van der Waals surface area contributed by atoms with Gasteiger partial charge in [0, 0.05) is 11.8 Å². The van der Waals surface area contributed by atoms with Crippen LogP contribution in [0.1, 0.15) is 5.56 Å². The molecule has 0 unspecified atom stereocenters. The zero-order valence-corrected chi connectivity index (χ0v) is 12.4. The van der Waals surface area contributed by atoms with E-state index in [0.717, 1.165) is 0 Å². The molecule has 2 rings (SSSR count). The fraction of sp³-hybridized carbons (Fsp3) is 0.0769. The first kappa shape index (κ1) is 14.4. The Hall–Kier alpha value is -0.980. The molecule has 0 amide bonds. The van der Waals surface area contributed by atoms with E-state index >= 15 is 0 Å². The second-order valence-electron chi connectivity index (χ2n) is 3.74. The van der Waals surface area contributed by atoms with E-state index in [9.17, 15) is 0 Å². The van der Waals surface area contributed by atoms with Crippen molar-refractivity contribution in [2.45, 2.75) is 6.42 Å². The van der Waals surface area contributed by atoms with Gasteiger partial charge >= 0.3 is 0 Å². The molecule has 19 heavy (non-hydrogen) atoms. The molecule has 2 aromatic rings. The van der Waals surface area contributed by atoms with Gasteiger partial charge in [0.05, 0.1) is 38.3 Å². The van der Waals surface area contributed by atoms with Crippen LogP contribution in [0, 0.1) is 11.3 Å². The maximum atomic E-state index is 8.85. The number of nitriles is 1. The molecular formula is C13H6Cl4N2. The smallest absolute Gasteiger partial charge is 0.0761 e. The van der Waals surface area contributed by atoms with Crippen molar-refractivity contribution < 1.29 is 0 Å². The normalized spacial score (nSPS) is 10.3. The Morgan fingerprint density at radius 2 is 1.68 bits per heavy atom. The number of pyridine rings is 1. The number of aromatic nitrogens is 1. The van der Waals surface area contributed by atoms with Gasteiger partial charge in [-0.05, 0) is 23.8 Å². The summed E-state index contributed by atoms with van der Waals surface area (Å²) >= 11 is 23.9. The summed E-state index contributed by atoms with van der Waals surface area (Å²) in [6, 6.07) is 6.93. The molecule has 1 heterocycles. The molecule has 1 aromatic heterocycles. The first-order valence-corrected chi connectivity index (χ1v) is 6.70. The molecular weight excluding hydrogens is 326 g/mol. The molecule has 0 aliphatic heterocycles. The molecule has 96 valence electrons. The maximum Gasteiger partial charge on any atom is 0.0761 e. The maximum absolute atomic E-state index is 8.85. The summed E-state index contributed by atoms with van der Waals surface area (Å²) in [5.74, 6) is 0. The van der Waals surface area contributed by atoms with Gasteiger partial charge in [-0.1, -0.05) is 46.4 Å². The van der Waals surface area contributed by atoms with Gasteiger partial charge in [-0.2, -0.15) is 5.26 Å². The highest BCUT2D eigenvalue weighted by Crippen LogP contribution is 2.36. The minimum atomic E-state index is 0.180. The molecule has 1 aromatic carbocycles. The van der Waals surface area contributed by atoms with Crippen molar-refractivity contribution in [2.75, 3.05) is 0 Å². The Kier molecular flexibility index (Phi) is 4.54. The van der Waals surface area contributed by atoms with E-state index in [4.69, 9.17) is 51.7 Å². The third-order valence-corrected chi connectivity index (χ3v) is 3.71. The van der Waals surface area contributed by atoms with Crippen LogP contribution in [-0.4, -0.2) is 4.98 Å². The minimum Gasteiger partial charge on any atom is -0.254 e. The quantitative estimate of drug-likeness (QED) is 0.688. The molecule has 0 saturated carbocycles. The van der Waals surface area contributed by atoms with E-state index in [2.05, 4.69) is 11.1 Å². The average molecular weight is 332 g/mol. The molecule has 0 saturated heterocycles. The van der Waals surface area contributed by atoms with Crippen molar-refractivity contribution >= 4 is 46.4 Å². The zero-order chi connectivity index (χ0) is 14.0. The Morgan fingerprint density at radius 1 is 1.00 bits per heavy atom. The predicted molar refractivity (Wildman–Crippen MR) is 79.0 cm³/mol. The summed E-state index contributed by atoms with van der Waals surface area (Å²) in [4.78, 5) is 4.23. The van der Waals surface area contributed by atoms with E-state index < -0.39 is 0 Å². The first-order valence-electron chi connectivity index (χ1n) is 5.19. The van der Waals surface area contributed by atoms with E-state index in [1.54, 1.807) is 18.2 Å². The first-order chi connectivity index (χ1) is 9.02. The molecule has 0 atom stereocenters. The lowest BCUT2D eigenvalue weighted by Crippen LogP contribution is -1.93. The summed E-state index contributed by atoms with van der Waals surface area (Å²) in [5, 5.41) is 10.5. The highest BCUT2D eigenvalue weighted by atomic mass is 35.5. The van der Waals surface area contributed by atoms with Crippen LogP contribution in [0.3, 0.4) is 0 Å². The lowest BCUT2D eigenvalue weighted by atomic mass is 10.0. The van der Waals surface area contributed by atoms with Gasteiger partial charge in [-0.3, -0.25) is 4.98 Å². The van der Waals surface area contributed by atoms with Crippen molar-refractivity contribution in [1.82, 2.24) is 4.98 Å². The third kappa shape index (κ3) is 3.13. The van der Waals surface area contributed by atoms with Crippen molar-refractivity contribution in [1.29, 1.82) is 5.26 Å². The molecule has 0 aliphatic carbocycles. The number of halogens is 4. The van der Waals surface area contributed by atoms with Crippen molar-refractivity contribution in [3.8, 4) is 17.3 Å². The van der Waals surface area contributed by atoms with Crippen LogP contribution < -0.4 is 0 Å². The lowest BCUT2D eigenvalue weighted by molar-refractivity contribution is 1.20.